The maximum Gasteiger partial charge on any atom is 0.335 e. The zero-order valence-electron chi connectivity index (χ0n) is 10.5. The number of benzene rings is 1. The highest BCUT2D eigenvalue weighted by Crippen LogP contribution is 2.18. The molecule has 1 aromatic carbocycles. The Morgan fingerprint density at radius 1 is 1.44 bits per heavy atom. The maximum absolute atomic E-state index is 10.8. The number of carboxylic acid groups (broad SMARTS) is 1. The first-order valence-corrected chi connectivity index (χ1v) is 6.61. The highest BCUT2D eigenvalue weighted by molar-refractivity contribution is 9.10. The van der Waals surface area contributed by atoms with Gasteiger partial charge in [0.05, 0.1) is 11.7 Å². The van der Waals surface area contributed by atoms with Crippen LogP contribution in [0.1, 0.15) is 29.8 Å². The summed E-state index contributed by atoms with van der Waals surface area (Å²) in [6.07, 6.45) is -0.373. The number of hydrogen-bond acceptors (Lipinski definition) is 3. The van der Waals surface area contributed by atoms with E-state index in [0.717, 1.165) is 10.0 Å². The summed E-state index contributed by atoms with van der Waals surface area (Å²) in [5.74, 6) is -0.722. The van der Waals surface area contributed by atoms with Crippen LogP contribution in [-0.4, -0.2) is 28.8 Å². The third-order valence-electron chi connectivity index (χ3n) is 2.74. The molecule has 1 unspecified atom stereocenters. The number of carboxylic acids is 1. The van der Waals surface area contributed by atoms with Crippen molar-refractivity contribution in [3.63, 3.8) is 0 Å². The highest BCUT2D eigenvalue weighted by atomic mass is 79.9. The third-order valence-corrected chi connectivity index (χ3v) is 3.48. The maximum atomic E-state index is 10.8. The zero-order valence-corrected chi connectivity index (χ0v) is 12.1. The van der Waals surface area contributed by atoms with Gasteiger partial charge >= 0.3 is 5.97 Å². The molecule has 0 spiro atoms. The molecule has 0 bridgehead atoms. The van der Waals surface area contributed by atoms with Crippen LogP contribution >= 0.6 is 15.9 Å². The predicted molar refractivity (Wildman–Crippen MR) is 73.7 cm³/mol. The Morgan fingerprint density at radius 3 is 2.61 bits per heavy atom. The molecule has 0 saturated carbocycles. The van der Waals surface area contributed by atoms with Gasteiger partial charge in [0.2, 0.25) is 0 Å². The summed E-state index contributed by atoms with van der Waals surface area (Å²) in [6, 6.07) is 4.92. The minimum absolute atomic E-state index is 0.218. The molecule has 0 heterocycles. The van der Waals surface area contributed by atoms with E-state index in [1.807, 2.05) is 13.8 Å². The van der Waals surface area contributed by atoms with Crippen LogP contribution in [0.15, 0.2) is 22.7 Å². The van der Waals surface area contributed by atoms with Gasteiger partial charge in [-0.25, -0.2) is 4.79 Å². The molecular formula is C13H18BrNO3. The van der Waals surface area contributed by atoms with Gasteiger partial charge in [-0.1, -0.05) is 35.8 Å². The number of hydrogen-bond donors (Lipinski definition) is 3. The summed E-state index contributed by atoms with van der Waals surface area (Å²) in [6.45, 7) is 5.03. The van der Waals surface area contributed by atoms with E-state index in [2.05, 4.69) is 21.2 Å². The molecule has 1 rings (SSSR count). The van der Waals surface area contributed by atoms with Crippen molar-refractivity contribution in [3.8, 4) is 0 Å². The molecule has 0 radical (unpaired) electrons. The van der Waals surface area contributed by atoms with Crippen LogP contribution in [0.3, 0.4) is 0 Å². The number of aliphatic hydroxyl groups excluding tert-OH is 1. The van der Waals surface area contributed by atoms with E-state index < -0.39 is 5.97 Å². The molecule has 0 saturated heterocycles. The normalized spacial score (nSPS) is 12.7. The molecule has 18 heavy (non-hydrogen) atoms. The van der Waals surface area contributed by atoms with Crippen LogP contribution in [0.5, 0.6) is 0 Å². The van der Waals surface area contributed by atoms with E-state index in [1.165, 1.54) is 0 Å². The Labute approximate surface area is 115 Å². The number of halogens is 1. The fourth-order valence-electron chi connectivity index (χ4n) is 1.41. The Balaban J connectivity index is 2.56. The average Bonchev–Trinajstić information content (AvgIpc) is 2.30. The topological polar surface area (TPSA) is 69.6 Å². The lowest BCUT2D eigenvalue weighted by molar-refractivity contribution is 0.0697. The first-order valence-electron chi connectivity index (χ1n) is 5.82. The smallest absolute Gasteiger partial charge is 0.335 e. The monoisotopic (exact) mass is 315 g/mol. The van der Waals surface area contributed by atoms with Crippen molar-refractivity contribution < 1.29 is 15.0 Å². The molecule has 4 nitrogen and oxygen atoms in total. The van der Waals surface area contributed by atoms with Crippen LogP contribution in [0.2, 0.25) is 0 Å². The van der Waals surface area contributed by atoms with Gasteiger partial charge in [0, 0.05) is 17.6 Å². The summed E-state index contributed by atoms with van der Waals surface area (Å²) < 4.78 is 0.758. The van der Waals surface area contributed by atoms with Gasteiger partial charge in [0.1, 0.15) is 0 Å². The molecule has 5 heteroatoms. The second kappa shape index (κ2) is 6.87. The molecule has 0 aliphatic heterocycles. The van der Waals surface area contributed by atoms with E-state index in [0.29, 0.717) is 13.1 Å². The van der Waals surface area contributed by atoms with Crippen molar-refractivity contribution in [2.45, 2.75) is 26.5 Å². The van der Waals surface area contributed by atoms with Crippen LogP contribution < -0.4 is 5.32 Å². The van der Waals surface area contributed by atoms with E-state index in [9.17, 15) is 9.90 Å². The van der Waals surface area contributed by atoms with Crippen molar-refractivity contribution in [1.29, 1.82) is 0 Å². The molecule has 0 aliphatic rings. The summed E-state index contributed by atoms with van der Waals surface area (Å²) in [4.78, 5) is 10.8. The molecule has 0 amide bonds. The van der Waals surface area contributed by atoms with Crippen molar-refractivity contribution in [3.05, 3.63) is 33.8 Å². The lowest BCUT2D eigenvalue weighted by Crippen LogP contribution is -2.30. The number of aliphatic hydroxyl groups is 1. The Hall–Kier alpha value is -0.910. The fraction of sp³-hybridized carbons (Fsp3) is 0.462. The van der Waals surface area contributed by atoms with Gasteiger partial charge in [0.25, 0.3) is 0 Å². The molecule has 0 aliphatic carbocycles. The fourth-order valence-corrected chi connectivity index (χ4v) is 1.93. The third kappa shape index (κ3) is 4.40. The summed E-state index contributed by atoms with van der Waals surface area (Å²) in [5.41, 5.74) is 1.23. The Bertz CT molecular complexity index is 421. The largest absolute Gasteiger partial charge is 0.478 e. The predicted octanol–water partition coefficient (Wildman–Crippen LogP) is 2.25. The lowest BCUT2D eigenvalue weighted by atomic mass is 10.1. The minimum atomic E-state index is -0.939. The first-order chi connectivity index (χ1) is 8.41. The quantitative estimate of drug-likeness (QED) is 0.753. The van der Waals surface area contributed by atoms with E-state index in [4.69, 9.17) is 5.11 Å². The zero-order chi connectivity index (χ0) is 13.7. The lowest BCUT2D eigenvalue weighted by Gasteiger charge is -2.15. The van der Waals surface area contributed by atoms with E-state index in [-0.39, 0.29) is 17.6 Å². The molecular weight excluding hydrogens is 298 g/mol. The summed E-state index contributed by atoms with van der Waals surface area (Å²) >= 11 is 3.35. The number of rotatable bonds is 6. The number of carbonyl (C=O) groups is 1. The SMILES string of the molecule is CC(C)C(O)CNCc1ccc(C(=O)O)cc1Br. The van der Waals surface area contributed by atoms with Crippen LogP contribution in [0.25, 0.3) is 0 Å². The summed E-state index contributed by atoms with van der Waals surface area (Å²) in [5, 5.41) is 21.6. The van der Waals surface area contributed by atoms with Gasteiger partial charge in [-0.2, -0.15) is 0 Å². The highest BCUT2D eigenvalue weighted by Gasteiger charge is 2.09. The second-order valence-corrected chi connectivity index (χ2v) is 5.41. The molecule has 1 atom stereocenters. The van der Waals surface area contributed by atoms with Gasteiger partial charge < -0.3 is 15.5 Å². The van der Waals surface area contributed by atoms with Crippen molar-refractivity contribution in [2.24, 2.45) is 5.92 Å². The number of nitrogens with one attached hydrogen (secondary N) is 1. The van der Waals surface area contributed by atoms with Crippen LogP contribution in [0, 0.1) is 5.92 Å². The number of aromatic carboxylic acids is 1. The molecule has 0 fully saturated rings. The van der Waals surface area contributed by atoms with E-state index >= 15 is 0 Å². The van der Waals surface area contributed by atoms with Gasteiger partial charge in [-0.3, -0.25) is 0 Å². The van der Waals surface area contributed by atoms with Gasteiger partial charge in [0.15, 0.2) is 0 Å². The summed E-state index contributed by atoms with van der Waals surface area (Å²) in [7, 11) is 0. The van der Waals surface area contributed by atoms with Crippen molar-refractivity contribution in [2.75, 3.05) is 6.54 Å². The van der Waals surface area contributed by atoms with E-state index in [1.54, 1.807) is 18.2 Å². The first kappa shape index (κ1) is 15.1. The molecule has 0 aromatic heterocycles. The molecule has 1 aromatic rings. The van der Waals surface area contributed by atoms with Crippen LogP contribution in [0.4, 0.5) is 0 Å². The second-order valence-electron chi connectivity index (χ2n) is 4.55. The Morgan fingerprint density at radius 2 is 2.11 bits per heavy atom. The van der Waals surface area contributed by atoms with Crippen LogP contribution in [-0.2, 0) is 6.54 Å². The van der Waals surface area contributed by atoms with Crippen molar-refractivity contribution >= 4 is 21.9 Å². The van der Waals surface area contributed by atoms with Gasteiger partial charge in [-0.15, -0.1) is 0 Å². The molecule has 3 N–H and O–H groups in total. The van der Waals surface area contributed by atoms with Crippen molar-refractivity contribution in [1.82, 2.24) is 5.32 Å². The minimum Gasteiger partial charge on any atom is -0.478 e. The average molecular weight is 316 g/mol. The molecule has 100 valence electrons. The van der Waals surface area contributed by atoms with Gasteiger partial charge in [-0.05, 0) is 23.6 Å². The standard InChI is InChI=1S/C13H18BrNO3/c1-8(2)12(16)7-15-6-10-4-3-9(13(17)18)5-11(10)14/h3-5,8,12,15-16H,6-7H2,1-2H3,(H,17,18). The Kier molecular flexibility index (Phi) is 5.78.